The zero-order valence-corrected chi connectivity index (χ0v) is 24.5. The highest BCUT2D eigenvalue weighted by molar-refractivity contribution is 6.35. The van der Waals surface area contributed by atoms with Crippen molar-refractivity contribution in [1.82, 2.24) is 10.2 Å². The van der Waals surface area contributed by atoms with E-state index in [1.807, 2.05) is 18.2 Å². The van der Waals surface area contributed by atoms with Crippen LogP contribution < -0.4 is 16.4 Å². The van der Waals surface area contributed by atoms with E-state index in [0.29, 0.717) is 76.6 Å². The van der Waals surface area contributed by atoms with Crippen LogP contribution in [0.3, 0.4) is 0 Å². The quantitative estimate of drug-likeness (QED) is 0.142. The normalized spacial score (nSPS) is 17.6. The van der Waals surface area contributed by atoms with Gasteiger partial charge in [-0.3, -0.25) is 9.59 Å². The second kappa shape index (κ2) is 13.9. The molecule has 0 aromatic heterocycles. The summed E-state index contributed by atoms with van der Waals surface area (Å²) in [5.74, 6) is 0.0673. The first kappa shape index (κ1) is 30.4. The molecule has 0 radical (unpaired) electrons. The maximum absolute atomic E-state index is 13.9. The number of rotatable bonds is 12. The predicted molar refractivity (Wildman–Crippen MR) is 162 cm³/mol. The molecular formula is C30H35Cl3N4O3. The maximum atomic E-state index is 13.9. The van der Waals surface area contributed by atoms with Gasteiger partial charge in [-0.2, -0.15) is 0 Å². The molecule has 5 N–H and O–H groups in total. The van der Waals surface area contributed by atoms with E-state index in [-0.39, 0.29) is 18.4 Å². The Bertz CT molecular complexity index is 1270. The van der Waals surface area contributed by atoms with Gasteiger partial charge in [0, 0.05) is 52.3 Å². The van der Waals surface area contributed by atoms with Crippen LogP contribution in [-0.2, 0) is 9.59 Å². The Morgan fingerprint density at radius 2 is 1.73 bits per heavy atom. The van der Waals surface area contributed by atoms with Crippen molar-refractivity contribution in [3.05, 3.63) is 80.8 Å². The van der Waals surface area contributed by atoms with E-state index in [1.54, 1.807) is 41.3 Å². The van der Waals surface area contributed by atoms with Crippen LogP contribution in [0.2, 0.25) is 15.1 Å². The number of allylic oxidation sites excluding steroid dienone is 1. The summed E-state index contributed by atoms with van der Waals surface area (Å²) in [5, 5.41) is 17.7. The number of nitrogens with two attached hydrogens (primary N) is 1. The summed E-state index contributed by atoms with van der Waals surface area (Å²) in [6.07, 6.45) is 7.87. The van der Waals surface area contributed by atoms with Crippen molar-refractivity contribution in [2.24, 2.45) is 11.7 Å². The molecule has 0 bridgehead atoms. The Morgan fingerprint density at radius 1 is 1.05 bits per heavy atom. The number of amides is 2. The number of aliphatic hydroxyl groups is 1. The molecule has 7 nitrogen and oxygen atoms in total. The number of carbonyl (C=O) groups excluding carboxylic acids is 2. The molecule has 40 heavy (non-hydrogen) atoms. The third-order valence-electron chi connectivity index (χ3n) is 7.42. The number of primary amides is 1. The molecule has 2 aromatic rings. The van der Waals surface area contributed by atoms with Crippen LogP contribution in [0.25, 0.3) is 5.70 Å². The van der Waals surface area contributed by atoms with Crippen LogP contribution in [0.15, 0.2) is 60.2 Å². The van der Waals surface area contributed by atoms with Gasteiger partial charge in [0.05, 0.1) is 5.02 Å². The van der Waals surface area contributed by atoms with Crippen LogP contribution >= 0.6 is 34.8 Å². The van der Waals surface area contributed by atoms with E-state index >= 15 is 0 Å². The van der Waals surface area contributed by atoms with Gasteiger partial charge >= 0.3 is 0 Å². The Morgan fingerprint density at radius 3 is 2.33 bits per heavy atom. The molecule has 1 aliphatic carbocycles. The molecule has 0 unspecified atom stereocenters. The minimum absolute atomic E-state index is 0.0120. The summed E-state index contributed by atoms with van der Waals surface area (Å²) >= 11 is 18.8. The number of likely N-dealkylation sites (tertiary alicyclic amines) is 1. The molecule has 1 saturated heterocycles. The summed E-state index contributed by atoms with van der Waals surface area (Å²) in [7, 11) is 0. The lowest BCUT2D eigenvalue weighted by Crippen LogP contribution is -2.61. The van der Waals surface area contributed by atoms with Crippen molar-refractivity contribution in [2.75, 3.05) is 31.6 Å². The number of piperidine rings is 1. The van der Waals surface area contributed by atoms with Crippen molar-refractivity contribution in [3.8, 4) is 0 Å². The highest BCUT2D eigenvalue weighted by Crippen LogP contribution is 2.32. The van der Waals surface area contributed by atoms with Gasteiger partial charge in [0.2, 0.25) is 5.91 Å². The van der Waals surface area contributed by atoms with Crippen LogP contribution in [0.4, 0.5) is 5.69 Å². The summed E-state index contributed by atoms with van der Waals surface area (Å²) in [6.45, 7) is 1.57. The largest absolute Gasteiger partial charge is 0.396 e. The first-order valence-corrected chi connectivity index (χ1v) is 14.7. The van der Waals surface area contributed by atoms with Gasteiger partial charge in [-0.1, -0.05) is 40.9 Å². The lowest BCUT2D eigenvalue weighted by atomic mass is 9.86. The molecule has 1 aliphatic heterocycles. The summed E-state index contributed by atoms with van der Waals surface area (Å²) in [6, 6.07) is 12.4. The van der Waals surface area contributed by atoms with E-state index in [1.165, 1.54) is 12.8 Å². The summed E-state index contributed by atoms with van der Waals surface area (Å²) in [4.78, 5) is 28.0. The van der Waals surface area contributed by atoms with Gasteiger partial charge in [0.15, 0.2) is 0 Å². The number of nitrogens with one attached hydrogen (secondary N) is 2. The Labute approximate surface area is 250 Å². The summed E-state index contributed by atoms with van der Waals surface area (Å²) in [5.41, 5.74) is 7.50. The second-order valence-corrected chi connectivity index (χ2v) is 11.7. The van der Waals surface area contributed by atoms with Gasteiger partial charge < -0.3 is 26.4 Å². The van der Waals surface area contributed by atoms with Crippen LogP contribution in [-0.4, -0.2) is 53.6 Å². The highest BCUT2D eigenvalue weighted by atomic mass is 35.5. The third-order valence-corrected chi connectivity index (χ3v) is 8.22. The van der Waals surface area contributed by atoms with E-state index in [0.717, 1.165) is 12.2 Å². The predicted octanol–water partition coefficient (Wildman–Crippen LogP) is 5.64. The number of halogens is 3. The number of unbranched alkanes of at least 4 members (excludes halogenated alkanes) is 1. The van der Waals surface area contributed by atoms with E-state index < -0.39 is 5.54 Å². The minimum atomic E-state index is -0.798. The first-order valence-electron chi connectivity index (χ1n) is 13.6. The number of aliphatic hydroxyl groups excluding tert-OH is 1. The number of hydrogen-bond acceptors (Lipinski definition) is 5. The molecule has 0 spiro atoms. The Kier molecular flexibility index (Phi) is 10.6. The molecule has 2 aromatic carbocycles. The Hall–Kier alpha value is -2.55. The van der Waals surface area contributed by atoms with Gasteiger partial charge in [0.25, 0.3) is 5.91 Å². The smallest absolute Gasteiger partial charge is 0.253 e. The van der Waals surface area contributed by atoms with Crippen molar-refractivity contribution >= 4 is 58.0 Å². The number of carbonyl (C=O) groups is 2. The number of hydrogen-bond donors (Lipinski definition) is 4. The molecule has 2 fully saturated rings. The molecule has 10 heteroatoms. The lowest BCUT2D eigenvalue weighted by Gasteiger charge is -2.40. The topological polar surface area (TPSA) is 108 Å². The monoisotopic (exact) mass is 604 g/mol. The number of nitrogens with zero attached hydrogens (tertiary/aromatic N) is 1. The van der Waals surface area contributed by atoms with Crippen LogP contribution in [0.1, 0.15) is 44.1 Å². The fraction of sp³-hybridized carbons (Fsp3) is 0.400. The third kappa shape index (κ3) is 8.02. The van der Waals surface area contributed by atoms with Crippen LogP contribution in [0.5, 0.6) is 0 Å². The molecule has 0 atom stereocenters. The van der Waals surface area contributed by atoms with E-state index in [4.69, 9.17) is 40.5 Å². The van der Waals surface area contributed by atoms with Gasteiger partial charge in [-0.05, 0) is 99.5 Å². The fourth-order valence-corrected chi connectivity index (χ4v) is 5.37. The summed E-state index contributed by atoms with van der Waals surface area (Å²) < 4.78 is 0. The molecule has 1 heterocycles. The molecule has 214 valence electrons. The number of anilines is 1. The van der Waals surface area contributed by atoms with Crippen molar-refractivity contribution in [1.29, 1.82) is 0 Å². The van der Waals surface area contributed by atoms with Gasteiger partial charge in [0.1, 0.15) is 5.54 Å². The average molecular weight is 606 g/mol. The molecular weight excluding hydrogens is 571 g/mol. The zero-order chi connectivity index (χ0) is 28.7. The standard InChI is InChI=1S/C30H35Cl3N4O3/c31-22-6-9-24(10-7-22)36-27(25-11-8-23(32)18-26(25)33)17-21(3-1-2-16-38)28(39)37-14-12-30(13-15-37,29(34)40)35-19-20-4-5-20/h3,6-11,17-18,20,35-36,38H,1-2,4-5,12-16,19H2,(H2,34,40)/b21-3-,27-17-. The molecule has 4 rings (SSSR count). The van der Waals surface area contributed by atoms with Crippen LogP contribution in [0, 0.1) is 5.92 Å². The zero-order valence-electron chi connectivity index (χ0n) is 22.3. The lowest BCUT2D eigenvalue weighted by molar-refractivity contribution is -0.133. The van der Waals surface area contributed by atoms with Gasteiger partial charge in [-0.25, -0.2) is 0 Å². The molecule has 2 amide bonds. The van der Waals surface area contributed by atoms with E-state index in [2.05, 4.69) is 10.6 Å². The first-order chi connectivity index (χ1) is 19.2. The Balaban J connectivity index is 1.62. The average Bonchev–Trinajstić information content (AvgIpc) is 3.77. The fourth-order valence-electron chi connectivity index (χ4n) is 4.74. The van der Waals surface area contributed by atoms with E-state index in [9.17, 15) is 14.7 Å². The molecule has 1 saturated carbocycles. The molecule has 2 aliphatic rings. The SMILES string of the molecule is NC(=O)C1(NCC2CC2)CCN(C(=O)C(=C\CCCO)/C=C(\Nc2ccc(Cl)cc2)c2ccc(Cl)cc2Cl)CC1. The number of benzene rings is 2. The maximum Gasteiger partial charge on any atom is 0.253 e. The second-order valence-electron chi connectivity index (χ2n) is 10.4. The highest BCUT2D eigenvalue weighted by Gasteiger charge is 2.41. The van der Waals surface area contributed by atoms with Gasteiger partial charge in [-0.15, -0.1) is 0 Å². The van der Waals surface area contributed by atoms with Crippen molar-refractivity contribution < 1.29 is 14.7 Å². The van der Waals surface area contributed by atoms with Crippen molar-refractivity contribution in [2.45, 2.75) is 44.1 Å². The van der Waals surface area contributed by atoms with Crippen molar-refractivity contribution in [3.63, 3.8) is 0 Å². The minimum Gasteiger partial charge on any atom is -0.396 e.